The van der Waals surface area contributed by atoms with Gasteiger partial charge in [0.25, 0.3) is 0 Å². The predicted molar refractivity (Wildman–Crippen MR) is 68.6 cm³/mol. The van der Waals surface area contributed by atoms with Gasteiger partial charge in [0.15, 0.2) is 0 Å². The molecule has 4 heteroatoms. The second-order valence-electron chi connectivity index (χ2n) is 4.87. The van der Waals surface area contributed by atoms with Crippen molar-refractivity contribution in [3.05, 3.63) is 16.1 Å². The molecule has 0 aromatic carbocycles. The van der Waals surface area contributed by atoms with Crippen molar-refractivity contribution in [1.29, 1.82) is 0 Å². The van der Waals surface area contributed by atoms with Crippen molar-refractivity contribution < 1.29 is 0 Å². The molecule has 2 unspecified atom stereocenters. The molecule has 3 nitrogen and oxygen atoms in total. The number of thiazole rings is 1. The number of nitrogens with two attached hydrogens (primary N) is 1. The molecule has 0 spiro atoms. The quantitative estimate of drug-likeness (QED) is 0.861. The molecule has 1 aliphatic heterocycles. The van der Waals surface area contributed by atoms with Gasteiger partial charge < -0.3 is 5.73 Å². The first kappa shape index (κ1) is 12.0. The van der Waals surface area contributed by atoms with E-state index in [2.05, 4.69) is 36.0 Å². The van der Waals surface area contributed by atoms with Gasteiger partial charge in [-0.25, -0.2) is 4.98 Å². The van der Waals surface area contributed by atoms with Crippen molar-refractivity contribution in [3.8, 4) is 0 Å². The highest BCUT2D eigenvalue weighted by molar-refractivity contribution is 7.09. The highest BCUT2D eigenvalue weighted by atomic mass is 32.1. The van der Waals surface area contributed by atoms with Crippen molar-refractivity contribution in [2.45, 2.75) is 51.7 Å². The minimum absolute atomic E-state index is 0.234. The number of rotatable bonds is 2. The Labute approximate surface area is 102 Å². The maximum absolute atomic E-state index is 6.27. The minimum atomic E-state index is 0.234. The van der Waals surface area contributed by atoms with Gasteiger partial charge in [-0.1, -0.05) is 0 Å². The topological polar surface area (TPSA) is 42.1 Å². The summed E-state index contributed by atoms with van der Waals surface area (Å²) in [5.74, 6) is 0. The van der Waals surface area contributed by atoms with E-state index in [0.29, 0.717) is 12.1 Å². The van der Waals surface area contributed by atoms with Crippen LogP contribution in [0.2, 0.25) is 0 Å². The van der Waals surface area contributed by atoms with Crippen molar-refractivity contribution in [1.82, 2.24) is 9.88 Å². The average Bonchev–Trinajstić information content (AvgIpc) is 2.64. The molecular formula is C12H21N3S. The third-order valence-corrected chi connectivity index (χ3v) is 4.11. The van der Waals surface area contributed by atoms with E-state index in [-0.39, 0.29) is 6.04 Å². The Bertz CT molecular complexity index is 348. The molecule has 1 aromatic heterocycles. The van der Waals surface area contributed by atoms with Crippen LogP contribution in [0.15, 0.2) is 5.38 Å². The zero-order valence-electron chi connectivity index (χ0n) is 10.3. The molecule has 90 valence electrons. The SMILES string of the molecule is Cc1nc(C2C(N)CCCN2C(C)C)cs1. The highest BCUT2D eigenvalue weighted by Gasteiger charge is 2.33. The Balaban J connectivity index is 2.26. The smallest absolute Gasteiger partial charge is 0.0898 e. The number of nitrogens with zero attached hydrogens (tertiary/aromatic N) is 2. The summed E-state index contributed by atoms with van der Waals surface area (Å²) in [6, 6.07) is 1.09. The minimum Gasteiger partial charge on any atom is -0.326 e. The fourth-order valence-electron chi connectivity index (χ4n) is 2.54. The number of aryl methyl sites for hydroxylation is 1. The maximum atomic E-state index is 6.27. The number of likely N-dealkylation sites (tertiary alicyclic amines) is 1. The number of hydrogen-bond acceptors (Lipinski definition) is 4. The van der Waals surface area contributed by atoms with Crippen molar-refractivity contribution in [3.63, 3.8) is 0 Å². The molecule has 1 saturated heterocycles. The fourth-order valence-corrected chi connectivity index (χ4v) is 3.18. The molecule has 0 aliphatic carbocycles. The van der Waals surface area contributed by atoms with Gasteiger partial charge >= 0.3 is 0 Å². The molecule has 2 N–H and O–H groups in total. The third-order valence-electron chi connectivity index (χ3n) is 3.32. The standard InChI is InChI=1S/C12H21N3S/c1-8(2)15-6-4-5-10(13)12(15)11-7-16-9(3)14-11/h7-8,10,12H,4-6,13H2,1-3H3. The molecule has 1 fully saturated rings. The van der Waals surface area contributed by atoms with Crippen LogP contribution in [0.25, 0.3) is 0 Å². The monoisotopic (exact) mass is 239 g/mol. The van der Waals surface area contributed by atoms with Crippen LogP contribution in [0.3, 0.4) is 0 Å². The molecule has 2 atom stereocenters. The summed E-state index contributed by atoms with van der Waals surface area (Å²) in [5, 5.41) is 3.30. The Morgan fingerprint density at radius 2 is 2.31 bits per heavy atom. The van der Waals surface area contributed by atoms with Crippen LogP contribution in [0.5, 0.6) is 0 Å². The predicted octanol–water partition coefficient (Wildman–Crippen LogP) is 2.32. The lowest BCUT2D eigenvalue weighted by Gasteiger charge is -2.41. The van der Waals surface area contributed by atoms with Crippen LogP contribution in [0.1, 0.15) is 43.4 Å². The second-order valence-corrected chi connectivity index (χ2v) is 5.94. The summed E-state index contributed by atoms with van der Waals surface area (Å²) >= 11 is 1.72. The van der Waals surface area contributed by atoms with Crippen molar-refractivity contribution in [2.75, 3.05) is 6.54 Å². The van der Waals surface area contributed by atoms with Crippen LogP contribution >= 0.6 is 11.3 Å². The van der Waals surface area contributed by atoms with E-state index in [1.165, 1.54) is 12.1 Å². The molecule has 0 saturated carbocycles. The van der Waals surface area contributed by atoms with Gasteiger partial charge in [0.05, 0.1) is 16.7 Å². The van der Waals surface area contributed by atoms with E-state index < -0.39 is 0 Å². The Morgan fingerprint density at radius 3 is 2.88 bits per heavy atom. The fraction of sp³-hybridized carbons (Fsp3) is 0.750. The van der Waals surface area contributed by atoms with Crippen LogP contribution in [0, 0.1) is 6.92 Å². The van der Waals surface area contributed by atoms with E-state index in [0.717, 1.165) is 18.0 Å². The molecule has 0 bridgehead atoms. The van der Waals surface area contributed by atoms with Gasteiger partial charge in [0.2, 0.25) is 0 Å². The van der Waals surface area contributed by atoms with Gasteiger partial charge in [-0.2, -0.15) is 0 Å². The van der Waals surface area contributed by atoms with E-state index in [9.17, 15) is 0 Å². The third kappa shape index (κ3) is 2.29. The van der Waals surface area contributed by atoms with Crippen LogP contribution < -0.4 is 5.73 Å². The van der Waals surface area contributed by atoms with Gasteiger partial charge in [-0.15, -0.1) is 11.3 Å². The largest absolute Gasteiger partial charge is 0.326 e. The molecular weight excluding hydrogens is 218 g/mol. The first-order valence-electron chi connectivity index (χ1n) is 6.03. The summed E-state index contributed by atoms with van der Waals surface area (Å²) in [6.07, 6.45) is 2.32. The lowest BCUT2D eigenvalue weighted by molar-refractivity contribution is 0.0923. The average molecular weight is 239 g/mol. The zero-order valence-corrected chi connectivity index (χ0v) is 11.1. The summed E-state index contributed by atoms with van der Waals surface area (Å²) in [7, 11) is 0. The lowest BCUT2D eigenvalue weighted by Crippen LogP contribution is -2.48. The number of aromatic nitrogens is 1. The normalized spacial score (nSPS) is 27.6. The Kier molecular flexibility index (Phi) is 3.62. The number of hydrogen-bond donors (Lipinski definition) is 1. The van der Waals surface area contributed by atoms with Gasteiger partial charge in [0.1, 0.15) is 0 Å². The summed E-state index contributed by atoms with van der Waals surface area (Å²) < 4.78 is 0. The Morgan fingerprint density at radius 1 is 1.56 bits per heavy atom. The zero-order chi connectivity index (χ0) is 11.7. The van der Waals surface area contributed by atoms with Crippen molar-refractivity contribution >= 4 is 11.3 Å². The van der Waals surface area contributed by atoms with E-state index in [4.69, 9.17) is 5.73 Å². The van der Waals surface area contributed by atoms with Gasteiger partial charge in [-0.3, -0.25) is 4.90 Å². The van der Waals surface area contributed by atoms with Crippen LogP contribution in [-0.4, -0.2) is 28.5 Å². The molecule has 2 heterocycles. The van der Waals surface area contributed by atoms with Crippen LogP contribution in [-0.2, 0) is 0 Å². The highest BCUT2D eigenvalue weighted by Crippen LogP contribution is 2.32. The molecule has 2 rings (SSSR count). The summed E-state index contributed by atoms with van der Waals surface area (Å²) in [5.41, 5.74) is 7.44. The van der Waals surface area contributed by atoms with E-state index in [1.54, 1.807) is 11.3 Å². The maximum Gasteiger partial charge on any atom is 0.0898 e. The Hall–Kier alpha value is -0.450. The van der Waals surface area contributed by atoms with Gasteiger partial charge in [0, 0.05) is 17.5 Å². The molecule has 0 amide bonds. The molecule has 16 heavy (non-hydrogen) atoms. The molecule has 1 aromatic rings. The summed E-state index contributed by atoms with van der Waals surface area (Å²) in [4.78, 5) is 7.10. The van der Waals surface area contributed by atoms with Crippen LogP contribution in [0.4, 0.5) is 0 Å². The van der Waals surface area contributed by atoms with Crippen molar-refractivity contribution in [2.24, 2.45) is 5.73 Å². The molecule has 0 radical (unpaired) electrons. The second kappa shape index (κ2) is 4.82. The molecule has 1 aliphatic rings. The first-order valence-corrected chi connectivity index (χ1v) is 6.91. The first-order chi connectivity index (χ1) is 7.59. The summed E-state index contributed by atoms with van der Waals surface area (Å²) in [6.45, 7) is 7.68. The lowest BCUT2D eigenvalue weighted by atomic mass is 9.93. The van der Waals surface area contributed by atoms with E-state index >= 15 is 0 Å². The van der Waals surface area contributed by atoms with E-state index in [1.807, 2.05) is 0 Å². The van der Waals surface area contributed by atoms with Gasteiger partial charge in [-0.05, 0) is 40.2 Å². The number of piperidine rings is 1.